The van der Waals surface area contributed by atoms with E-state index in [-0.39, 0.29) is 5.91 Å². The summed E-state index contributed by atoms with van der Waals surface area (Å²) < 4.78 is 5.23. The average Bonchev–Trinajstić information content (AvgIpc) is 2.93. The topological polar surface area (TPSA) is 33.5 Å². The third kappa shape index (κ3) is 4.32. The standard InChI is InChI=1S/C15H16ClNO2S/c1-17(11-12-5-4-9-19-12)15(18)8-10-20-14-7-3-2-6-13(14)16/h2-7,9H,8,10-11H2,1H3. The predicted octanol–water partition coefficient (Wildman–Crippen LogP) is 4.07. The van der Waals surface area contributed by atoms with Crippen LogP contribution >= 0.6 is 23.4 Å². The Morgan fingerprint density at radius 2 is 2.10 bits per heavy atom. The van der Waals surface area contributed by atoms with Crippen LogP contribution in [0.5, 0.6) is 0 Å². The molecule has 0 fully saturated rings. The van der Waals surface area contributed by atoms with Gasteiger partial charge in [0.25, 0.3) is 0 Å². The zero-order chi connectivity index (χ0) is 14.4. The monoisotopic (exact) mass is 309 g/mol. The van der Waals surface area contributed by atoms with E-state index in [0.29, 0.717) is 18.7 Å². The lowest BCUT2D eigenvalue weighted by Crippen LogP contribution is -2.26. The van der Waals surface area contributed by atoms with Gasteiger partial charge in [-0.3, -0.25) is 4.79 Å². The van der Waals surface area contributed by atoms with Crippen LogP contribution in [0.25, 0.3) is 0 Å². The zero-order valence-corrected chi connectivity index (χ0v) is 12.8. The second-order valence-corrected chi connectivity index (χ2v) is 5.90. The van der Waals surface area contributed by atoms with E-state index in [1.165, 1.54) is 0 Å². The van der Waals surface area contributed by atoms with Crippen molar-refractivity contribution in [1.82, 2.24) is 4.90 Å². The van der Waals surface area contributed by atoms with Crippen molar-refractivity contribution in [2.24, 2.45) is 0 Å². The number of halogens is 1. The van der Waals surface area contributed by atoms with Crippen molar-refractivity contribution in [1.29, 1.82) is 0 Å². The van der Waals surface area contributed by atoms with E-state index in [4.69, 9.17) is 16.0 Å². The normalized spacial score (nSPS) is 10.5. The van der Waals surface area contributed by atoms with Crippen LogP contribution in [0.1, 0.15) is 12.2 Å². The summed E-state index contributed by atoms with van der Waals surface area (Å²) in [5, 5.41) is 0.730. The third-order valence-electron chi connectivity index (χ3n) is 2.81. The van der Waals surface area contributed by atoms with E-state index in [1.807, 2.05) is 36.4 Å². The maximum atomic E-state index is 12.0. The fourth-order valence-electron chi connectivity index (χ4n) is 1.73. The van der Waals surface area contributed by atoms with Crippen molar-refractivity contribution in [3.63, 3.8) is 0 Å². The molecule has 5 heteroatoms. The van der Waals surface area contributed by atoms with Gasteiger partial charge in [0.1, 0.15) is 5.76 Å². The fraction of sp³-hybridized carbons (Fsp3) is 0.267. The van der Waals surface area contributed by atoms with Crippen molar-refractivity contribution in [2.45, 2.75) is 17.9 Å². The van der Waals surface area contributed by atoms with E-state index >= 15 is 0 Å². The minimum absolute atomic E-state index is 0.0981. The molecular weight excluding hydrogens is 294 g/mol. The number of thioether (sulfide) groups is 1. The van der Waals surface area contributed by atoms with Gasteiger partial charge in [-0.2, -0.15) is 0 Å². The predicted molar refractivity (Wildman–Crippen MR) is 82.0 cm³/mol. The Morgan fingerprint density at radius 1 is 1.30 bits per heavy atom. The summed E-state index contributed by atoms with van der Waals surface area (Å²) in [7, 11) is 1.78. The number of hydrogen-bond donors (Lipinski definition) is 0. The molecule has 0 bridgehead atoms. The zero-order valence-electron chi connectivity index (χ0n) is 11.2. The lowest BCUT2D eigenvalue weighted by Gasteiger charge is -2.15. The second kappa shape index (κ2) is 7.41. The molecule has 0 N–H and O–H groups in total. The van der Waals surface area contributed by atoms with Crippen LogP contribution in [0, 0.1) is 0 Å². The molecule has 1 aromatic heterocycles. The highest BCUT2D eigenvalue weighted by Crippen LogP contribution is 2.27. The smallest absolute Gasteiger partial charge is 0.223 e. The quantitative estimate of drug-likeness (QED) is 0.754. The molecule has 1 heterocycles. The molecule has 20 heavy (non-hydrogen) atoms. The number of benzene rings is 1. The van der Waals surface area contributed by atoms with Gasteiger partial charge in [0.05, 0.1) is 17.8 Å². The molecule has 0 aliphatic carbocycles. The summed E-state index contributed by atoms with van der Waals surface area (Å²) in [5.41, 5.74) is 0. The molecule has 0 aliphatic heterocycles. The number of hydrogen-bond acceptors (Lipinski definition) is 3. The third-order valence-corrected chi connectivity index (χ3v) is 4.33. The summed E-state index contributed by atoms with van der Waals surface area (Å²) in [6, 6.07) is 11.3. The van der Waals surface area contributed by atoms with Gasteiger partial charge in [0.15, 0.2) is 0 Å². The Kier molecular flexibility index (Phi) is 5.56. The molecule has 0 radical (unpaired) electrons. The molecule has 0 aliphatic rings. The molecule has 1 amide bonds. The van der Waals surface area contributed by atoms with Gasteiger partial charge in [0, 0.05) is 24.1 Å². The Morgan fingerprint density at radius 3 is 2.80 bits per heavy atom. The van der Waals surface area contributed by atoms with Gasteiger partial charge in [-0.25, -0.2) is 0 Å². The second-order valence-electron chi connectivity index (χ2n) is 4.36. The van der Waals surface area contributed by atoms with Crippen molar-refractivity contribution in [3.8, 4) is 0 Å². The van der Waals surface area contributed by atoms with Gasteiger partial charge in [-0.15, -0.1) is 11.8 Å². The van der Waals surface area contributed by atoms with Crippen LogP contribution in [0.2, 0.25) is 5.02 Å². The number of nitrogens with zero attached hydrogens (tertiary/aromatic N) is 1. The number of rotatable bonds is 6. The van der Waals surface area contributed by atoms with Crippen LogP contribution in [0.3, 0.4) is 0 Å². The number of furan rings is 1. The molecule has 2 aromatic rings. The Bertz CT molecular complexity index is 557. The van der Waals surface area contributed by atoms with Gasteiger partial charge in [-0.05, 0) is 24.3 Å². The van der Waals surface area contributed by atoms with E-state index < -0.39 is 0 Å². The van der Waals surface area contributed by atoms with Crippen LogP contribution in [-0.4, -0.2) is 23.6 Å². The van der Waals surface area contributed by atoms with E-state index in [2.05, 4.69) is 0 Å². The van der Waals surface area contributed by atoms with Crippen LogP contribution in [0.15, 0.2) is 52.0 Å². The molecule has 106 valence electrons. The van der Waals surface area contributed by atoms with Crippen molar-refractivity contribution in [3.05, 3.63) is 53.4 Å². The Balaban J connectivity index is 1.76. The molecular formula is C15H16ClNO2S. The van der Waals surface area contributed by atoms with E-state index in [0.717, 1.165) is 15.7 Å². The van der Waals surface area contributed by atoms with Gasteiger partial charge >= 0.3 is 0 Å². The van der Waals surface area contributed by atoms with Crippen molar-refractivity contribution in [2.75, 3.05) is 12.8 Å². The molecule has 0 unspecified atom stereocenters. The first kappa shape index (κ1) is 15.0. The van der Waals surface area contributed by atoms with Crippen LogP contribution < -0.4 is 0 Å². The molecule has 0 saturated heterocycles. The molecule has 3 nitrogen and oxygen atoms in total. The molecule has 1 aromatic carbocycles. The van der Waals surface area contributed by atoms with Crippen molar-refractivity contribution < 1.29 is 9.21 Å². The van der Waals surface area contributed by atoms with Crippen molar-refractivity contribution >= 4 is 29.3 Å². The number of amides is 1. The summed E-state index contributed by atoms with van der Waals surface area (Å²) in [4.78, 5) is 14.7. The fourth-order valence-corrected chi connectivity index (χ4v) is 2.90. The largest absolute Gasteiger partial charge is 0.467 e. The molecule has 0 saturated carbocycles. The first-order valence-electron chi connectivity index (χ1n) is 6.30. The highest BCUT2D eigenvalue weighted by atomic mass is 35.5. The van der Waals surface area contributed by atoms with Gasteiger partial charge in [-0.1, -0.05) is 23.7 Å². The van der Waals surface area contributed by atoms with E-state index in [9.17, 15) is 4.79 Å². The highest BCUT2D eigenvalue weighted by Gasteiger charge is 2.11. The Hall–Kier alpha value is -1.39. The average molecular weight is 310 g/mol. The lowest BCUT2D eigenvalue weighted by atomic mass is 10.3. The van der Waals surface area contributed by atoms with Gasteiger partial charge < -0.3 is 9.32 Å². The molecule has 0 spiro atoms. The summed E-state index contributed by atoms with van der Waals surface area (Å²) in [6.07, 6.45) is 2.09. The minimum Gasteiger partial charge on any atom is -0.467 e. The van der Waals surface area contributed by atoms with Crippen LogP contribution in [-0.2, 0) is 11.3 Å². The first-order chi connectivity index (χ1) is 9.66. The highest BCUT2D eigenvalue weighted by molar-refractivity contribution is 7.99. The van der Waals surface area contributed by atoms with Crippen LogP contribution in [0.4, 0.5) is 0 Å². The lowest BCUT2D eigenvalue weighted by molar-refractivity contribution is -0.130. The minimum atomic E-state index is 0.0981. The molecule has 0 atom stereocenters. The first-order valence-corrected chi connectivity index (χ1v) is 7.67. The van der Waals surface area contributed by atoms with Gasteiger partial charge in [0.2, 0.25) is 5.91 Å². The maximum absolute atomic E-state index is 12.0. The number of carbonyl (C=O) groups excluding carboxylic acids is 1. The Labute approximate surface area is 127 Å². The summed E-state index contributed by atoms with van der Waals surface area (Å²) in [5.74, 6) is 1.60. The van der Waals surface area contributed by atoms with E-state index in [1.54, 1.807) is 30.0 Å². The summed E-state index contributed by atoms with van der Waals surface area (Å²) >= 11 is 7.67. The maximum Gasteiger partial charge on any atom is 0.223 e. The summed E-state index contributed by atoms with van der Waals surface area (Å²) in [6.45, 7) is 0.503. The SMILES string of the molecule is CN(Cc1ccco1)C(=O)CCSc1ccccc1Cl. The number of carbonyl (C=O) groups is 1. The molecule has 2 rings (SSSR count).